The van der Waals surface area contributed by atoms with Gasteiger partial charge in [0.25, 0.3) is 0 Å². The molecule has 0 bridgehead atoms. The number of carbonyl (C=O) groups excluding carboxylic acids is 5. The molecule has 1 saturated heterocycles. The molecule has 234 valence electrons. The zero-order valence-corrected chi connectivity index (χ0v) is 25.5. The van der Waals surface area contributed by atoms with Gasteiger partial charge in [0.1, 0.15) is 35.7 Å². The summed E-state index contributed by atoms with van der Waals surface area (Å²) in [5.41, 5.74) is 2.14. The third-order valence-corrected chi connectivity index (χ3v) is 7.57. The molecule has 3 N–H and O–H groups in total. The standard InChI is InChI=1S/C31H40N8O5/c1-20(2)28-31(44)37(4)18-26(40)33-25(17-22-11-6-5-7-12-22)30(43)32-15-10-16-38(21(3)29(42)34-28)27(41)19-39-35-23-13-8-9-14-24(23)36-39/h5-9,11-14,20-21,25,28H,10,15-19H2,1-4H3,(H,32,43)(H,33,40)(H,34,42)/t21-,25+,28+/m1/s1. The fourth-order valence-corrected chi connectivity index (χ4v) is 5.06. The average Bonchev–Trinajstić information content (AvgIpc) is 3.40. The largest absolute Gasteiger partial charge is 0.354 e. The number of amides is 5. The monoisotopic (exact) mass is 604 g/mol. The zero-order valence-electron chi connectivity index (χ0n) is 25.5. The molecule has 0 saturated carbocycles. The van der Waals surface area contributed by atoms with Gasteiger partial charge in [-0.1, -0.05) is 56.3 Å². The molecule has 0 aliphatic carbocycles. The predicted octanol–water partition coefficient (Wildman–Crippen LogP) is 0.495. The van der Waals surface area contributed by atoms with Gasteiger partial charge in [-0.15, -0.1) is 0 Å². The molecule has 0 spiro atoms. The fraction of sp³-hybridized carbons (Fsp3) is 0.452. The molecule has 2 heterocycles. The van der Waals surface area contributed by atoms with E-state index in [4.69, 9.17) is 0 Å². The van der Waals surface area contributed by atoms with Crippen molar-refractivity contribution in [1.82, 2.24) is 40.7 Å². The molecule has 5 amide bonds. The van der Waals surface area contributed by atoms with Crippen molar-refractivity contribution in [3.63, 3.8) is 0 Å². The molecule has 0 unspecified atom stereocenters. The number of hydrogen-bond acceptors (Lipinski definition) is 7. The van der Waals surface area contributed by atoms with E-state index in [1.54, 1.807) is 32.9 Å². The second kappa shape index (κ2) is 14.6. The van der Waals surface area contributed by atoms with Crippen molar-refractivity contribution in [2.24, 2.45) is 5.92 Å². The highest BCUT2D eigenvalue weighted by Crippen LogP contribution is 2.12. The van der Waals surface area contributed by atoms with Crippen LogP contribution in [0.1, 0.15) is 32.8 Å². The van der Waals surface area contributed by atoms with Crippen molar-refractivity contribution in [3.05, 3.63) is 60.2 Å². The molecule has 1 fully saturated rings. The first kappa shape index (κ1) is 32.1. The van der Waals surface area contributed by atoms with Crippen LogP contribution in [0.3, 0.4) is 0 Å². The second-order valence-corrected chi connectivity index (χ2v) is 11.4. The summed E-state index contributed by atoms with van der Waals surface area (Å²) in [6.07, 6.45) is 0.596. The molecule has 13 heteroatoms. The van der Waals surface area contributed by atoms with Crippen LogP contribution in [-0.4, -0.2) is 99.1 Å². The van der Waals surface area contributed by atoms with Crippen molar-refractivity contribution >= 4 is 40.6 Å². The van der Waals surface area contributed by atoms with Gasteiger partial charge in [-0.25, -0.2) is 0 Å². The molecular weight excluding hydrogens is 564 g/mol. The van der Waals surface area contributed by atoms with Gasteiger partial charge in [0.15, 0.2) is 0 Å². The molecule has 1 aliphatic rings. The Hall–Kier alpha value is -4.81. The Morgan fingerprint density at radius 1 is 0.932 bits per heavy atom. The summed E-state index contributed by atoms with van der Waals surface area (Å²) >= 11 is 0. The summed E-state index contributed by atoms with van der Waals surface area (Å²) in [5, 5.41) is 17.1. The van der Waals surface area contributed by atoms with Gasteiger partial charge in [-0.3, -0.25) is 24.0 Å². The predicted molar refractivity (Wildman–Crippen MR) is 163 cm³/mol. The van der Waals surface area contributed by atoms with E-state index in [0.29, 0.717) is 17.5 Å². The number of carbonyl (C=O) groups is 5. The number of fused-ring (bicyclic) bond motifs is 1. The van der Waals surface area contributed by atoms with Gasteiger partial charge in [-0.2, -0.15) is 15.0 Å². The van der Waals surface area contributed by atoms with E-state index in [0.717, 1.165) is 5.56 Å². The van der Waals surface area contributed by atoms with E-state index in [1.807, 2.05) is 42.5 Å². The van der Waals surface area contributed by atoms with Crippen molar-refractivity contribution < 1.29 is 24.0 Å². The minimum atomic E-state index is -0.940. The van der Waals surface area contributed by atoms with Crippen LogP contribution < -0.4 is 16.0 Å². The number of nitrogens with zero attached hydrogens (tertiary/aromatic N) is 5. The highest BCUT2D eigenvalue weighted by atomic mass is 16.2. The Bertz CT molecular complexity index is 1460. The van der Waals surface area contributed by atoms with Crippen molar-refractivity contribution in [3.8, 4) is 0 Å². The van der Waals surface area contributed by atoms with Gasteiger partial charge in [0.05, 0.1) is 6.54 Å². The smallest absolute Gasteiger partial charge is 0.246 e. The quantitative estimate of drug-likeness (QED) is 0.383. The molecule has 1 aromatic heterocycles. The Morgan fingerprint density at radius 3 is 2.20 bits per heavy atom. The maximum absolute atomic E-state index is 13.6. The van der Waals surface area contributed by atoms with Crippen LogP contribution in [0.5, 0.6) is 0 Å². The normalized spacial score (nSPS) is 21.2. The van der Waals surface area contributed by atoms with Crippen LogP contribution in [0, 0.1) is 5.92 Å². The van der Waals surface area contributed by atoms with Gasteiger partial charge in [0.2, 0.25) is 29.5 Å². The maximum Gasteiger partial charge on any atom is 0.246 e. The first-order chi connectivity index (χ1) is 21.0. The molecule has 44 heavy (non-hydrogen) atoms. The maximum atomic E-state index is 13.6. The van der Waals surface area contributed by atoms with Crippen molar-refractivity contribution in [2.75, 3.05) is 26.7 Å². The third-order valence-electron chi connectivity index (χ3n) is 7.57. The molecule has 2 aromatic carbocycles. The van der Waals surface area contributed by atoms with Crippen LogP contribution in [0.2, 0.25) is 0 Å². The number of likely N-dealkylation sites (N-methyl/N-ethyl adjacent to an activating group) is 1. The number of aromatic nitrogens is 3. The lowest BCUT2D eigenvalue weighted by Crippen LogP contribution is -2.58. The number of rotatable bonds is 5. The van der Waals surface area contributed by atoms with E-state index < -0.39 is 35.8 Å². The highest BCUT2D eigenvalue weighted by molar-refractivity contribution is 5.94. The molecule has 0 radical (unpaired) electrons. The van der Waals surface area contributed by atoms with E-state index in [-0.39, 0.29) is 50.3 Å². The Labute approximate surface area is 256 Å². The van der Waals surface area contributed by atoms with E-state index >= 15 is 0 Å². The average molecular weight is 605 g/mol. The number of benzene rings is 2. The van der Waals surface area contributed by atoms with Crippen LogP contribution >= 0.6 is 0 Å². The van der Waals surface area contributed by atoms with Gasteiger partial charge in [-0.05, 0) is 37.0 Å². The lowest BCUT2D eigenvalue weighted by Gasteiger charge is -2.32. The molecular formula is C31H40N8O5. The van der Waals surface area contributed by atoms with Gasteiger partial charge in [0, 0.05) is 26.6 Å². The molecule has 1 aliphatic heterocycles. The molecule has 4 rings (SSSR count). The summed E-state index contributed by atoms with van der Waals surface area (Å²) in [6, 6.07) is 13.8. The fourth-order valence-electron chi connectivity index (χ4n) is 5.06. The summed E-state index contributed by atoms with van der Waals surface area (Å²) in [5.74, 6) is -2.55. The summed E-state index contributed by atoms with van der Waals surface area (Å²) < 4.78 is 0. The second-order valence-electron chi connectivity index (χ2n) is 11.4. The summed E-state index contributed by atoms with van der Waals surface area (Å²) in [7, 11) is 1.47. The SMILES string of the molecule is CC(C)[C@@H]1NC(=O)[C@@H](C)N(C(=O)Cn2nc3ccccc3n2)CCCNC(=O)[C@H](Cc2ccccc2)NC(=O)CN(C)C1=O. The number of hydrogen-bond donors (Lipinski definition) is 3. The number of nitrogens with one attached hydrogen (secondary N) is 3. The Kier molecular flexibility index (Phi) is 10.6. The first-order valence-corrected chi connectivity index (χ1v) is 14.8. The van der Waals surface area contributed by atoms with E-state index in [9.17, 15) is 24.0 Å². The minimum Gasteiger partial charge on any atom is -0.354 e. The minimum absolute atomic E-state index is 0.143. The van der Waals surface area contributed by atoms with Crippen LogP contribution in [-0.2, 0) is 36.9 Å². The summed E-state index contributed by atoms with van der Waals surface area (Å²) in [4.78, 5) is 70.6. The van der Waals surface area contributed by atoms with E-state index in [1.165, 1.54) is 21.6 Å². The van der Waals surface area contributed by atoms with Crippen molar-refractivity contribution in [2.45, 2.75) is 58.3 Å². The molecule has 13 nitrogen and oxygen atoms in total. The van der Waals surface area contributed by atoms with Gasteiger partial charge >= 0.3 is 0 Å². The van der Waals surface area contributed by atoms with Gasteiger partial charge < -0.3 is 25.8 Å². The van der Waals surface area contributed by atoms with Crippen molar-refractivity contribution in [1.29, 1.82) is 0 Å². The van der Waals surface area contributed by atoms with Crippen LogP contribution in [0.4, 0.5) is 0 Å². The topological polar surface area (TPSA) is 159 Å². The van der Waals surface area contributed by atoms with Crippen LogP contribution in [0.15, 0.2) is 54.6 Å². The van der Waals surface area contributed by atoms with Crippen LogP contribution in [0.25, 0.3) is 11.0 Å². The zero-order chi connectivity index (χ0) is 31.8. The summed E-state index contributed by atoms with van der Waals surface area (Å²) in [6.45, 7) is 5.02. The first-order valence-electron chi connectivity index (χ1n) is 14.8. The lowest BCUT2D eigenvalue weighted by molar-refractivity contribution is -0.143. The van der Waals surface area contributed by atoms with E-state index in [2.05, 4.69) is 26.1 Å². The third kappa shape index (κ3) is 8.17. The highest BCUT2D eigenvalue weighted by Gasteiger charge is 2.33. The lowest BCUT2D eigenvalue weighted by atomic mass is 10.0. The molecule has 3 aromatic rings. The Balaban J connectivity index is 1.57. The molecule has 3 atom stereocenters. The Morgan fingerprint density at radius 2 is 1.57 bits per heavy atom.